The van der Waals surface area contributed by atoms with Crippen LogP contribution >= 0.6 is 11.6 Å². The summed E-state index contributed by atoms with van der Waals surface area (Å²) in [7, 11) is -0.0226. The van der Waals surface area contributed by atoms with Crippen molar-refractivity contribution in [3.8, 4) is 0 Å². The highest BCUT2D eigenvalue weighted by Gasteiger charge is 2.28. The standard InChI is InChI=1S/C13H20ClN3O3S/c1-16(7-8-20-2)13-12(14)9-11(10-15-13)21(18,19)17-5-3-4-6-17/h9-10H,3-8H2,1-2H3. The predicted molar refractivity (Wildman–Crippen MR) is 82.4 cm³/mol. The lowest BCUT2D eigenvalue weighted by Gasteiger charge is -2.20. The second-order valence-corrected chi connectivity index (χ2v) is 7.35. The molecule has 1 saturated heterocycles. The number of sulfonamides is 1. The molecule has 2 rings (SSSR count). The van der Waals surface area contributed by atoms with E-state index in [0.717, 1.165) is 12.8 Å². The molecule has 0 bridgehead atoms. The molecule has 0 radical (unpaired) electrons. The van der Waals surface area contributed by atoms with Gasteiger partial charge in [0.25, 0.3) is 0 Å². The third kappa shape index (κ3) is 3.66. The largest absolute Gasteiger partial charge is 0.383 e. The van der Waals surface area contributed by atoms with Crippen molar-refractivity contribution in [2.45, 2.75) is 17.7 Å². The fourth-order valence-electron chi connectivity index (χ4n) is 2.25. The van der Waals surface area contributed by atoms with Gasteiger partial charge >= 0.3 is 0 Å². The summed E-state index contributed by atoms with van der Waals surface area (Å²) in [5.74, 6) is 0.550. The van der Waals surface area contributed by atoms with Crippen LogP contribution in [0.1, 0.15) is 12.8 Å². The Kier molecular flexibility index (Phi) is 5.43. The van der Waals surface area contributed by atoms with Crippen LogP contribution in [0.5, 0.6) is 0 Å². The van der Waals surface area contributed by atoms with Crippen molar-refractivity contribution in [2.75, 3.05) is 45.3 Å². The summed E-state index contributed by atoms with van der Waals surface area (Å²) in [5, 5.41) is 0.328. The normalized spacial score (nSPS) is 16.3. The third-order valence-corrected chi connectivity index (χ3v) is 5.63. The van der Waals surface area contributed by atoms with Gasteiger partial charge in [0.05, 0.1) is 11.6 Å². The lowest BCUT2D eigenvalue weighted by molar-refractivity contribution is 0.206. The number of likely N-dealkylation sites (N-methyl/N-ethyl adjacent to an activating group) is 1. The van der Waals surface area contributed by atoms with Gasteiger partial charge in [0.1, 0.15) is 10.7 Å². The highest BCUT2D eigenvalue weighted by atomic mass is 35.5. The van der Waals surface area contributed by atoms with Crippen molar-refractivity contribution >= 4 is 27.4 Å². The van der Waals surface area contributed by atoms with E-state index in [-0.39, 0.29) is 4.90 Å². The number of methoxy groups -OCH3 is 1. The first-order valence-electron chi connectivity index (χ1n) is 6.82. The molecule has 0 saturated carbocycles. The summed E-state index contributed by atoms with van der Waals surface area (Å²) in [6, 6.07) is 1.47. The molecule has 0 N–H and O–H groups in total. The Morgan fingerprint density at radius 3 is 2.67 bits per heavy atom. The van der Waals surface area contributed by atoms with E-state index in [1.165, 1.54) is 16.6 Å². The molecule has 0 unspecified atom stereocenters. The van der Waals surface area contributed by atoms with Gasteiger partial charge in [0.2, 0.25) is 10.0 Å². The van der Waals surface area contributed by atoms with E-state index in [2.05, 4.69) is 4.98 Å². The van der Waals surface area contributed by atoms with Crippen molar-refractivity contribution in [3.63, 3.8) is 0 Å². The molecule has 1 aromatic rings. The number of hydrogen-bond acceptors (Lipinski definition) is 5. The summed E-state index contributed by atoms with van der Waals surface area (Å²) in [4.78, 5) is 6.18. The van der Waals surface area contributed by atoms with Gasteiger partial charge in [-0.1, -0.05) is 11.6 Å². The van der Waals surface area contributed by atoms with Crippen LogP contribution in [-0.4, -0.2) is 58.1 Å². The molecular formula is C13H20ClN3O3S. The van der Waals surface area contributed by atoms with E-state index in [0.29, 0.717) is 37.1 Å². The minimum atomic E-state index is -3.48. The first-order chi connectivity index (χ1) is 9.96. The number of rotatable bonds is 6. The molecule has 1 aliphatic heterocycles. The first-order valence-corrected chi connectivity index (χ1v) is 8.64. The van der Waals surface area contributed by atoms with Crippen molar-refractivity contribution in [1.82, 2.24) is 9.29 Å². The van der Waals surface area contributed by atoms with Crippen LogP contribution in [0.4, 0.5) is 5.82 Å². The molecule has 8 heteroatoms. The third-order valence-electron chi connectivity index (χ3n) is 3.49. The Morgan fingerprint density at radius 1 is 1.43 bits per heavy atom. The lowest BCUT2D eigenvalue weighted by Crippen LogP contribution is -2.28. The maximum Gasteiger partial charge on any atom is 0.244 e. The maximum absolute atomic E-state index is 12.4. The molecule has 0 aromatic carbocycles. The van der Waals surface area contributed by atoms with E-state index in [9.17, 15) is 8.42 Å². The van der Waals surface area contributed by atoms with Gasteiger partial charge in [0, 0.05) is 40.0 Å². The van der Waals surface area contributed by atoms with Gasteiger partial charge in [-0.2, -0.15) is 4.31 Å². The molecular weight excluding hydrogens is 314 g/mol. The van der Waals surface area contributed by atoms with Crippen LogP contribution in [0, 0.1) is 0 Å². The van der Waals surface area contributed by atoms with Crippen LogP contribution < -0.4 is 4.90 Å². The van der Waals surface area contributed by atoms with Crippen LogP contribution in [0.25, 0.3) is 0 Å². The average Bonchev–Trinajstić information content (AvgIpc) is 2.99. The zero-order valence-corrected chi connectivity index (χ0v) is 13.8. The molecule has 21 heavy (non-hydrogen) atoms. The van der Waals surface area contributed by atoms with Gasteiger partial charge in [-0.25, -0.2) is 13.4 Å². The quantitative estimate of drug-likeness (QED) is 0.791. The second-order valence-electron chi connectivity index (χ2n) is 5.00. The zero-order chi connectivity index (χ0) is 15.5. The number of hydrogen-bond donors (Lipinski definition) is 0. The number of anilines is 1. The lowest BCUT2D eigenvalue weighted by atomic mass is 10.4. The highest BCUT2D eigenvalue weighted by molar-refractivity contribution is 7.89. The second kappa shape index (κ2) is 6.91. The minimum absolute atomic E-state index is 0.151. The summed E-state index contributed by atoms with van der Waals surface area (Å²) in [6.45, 7) is 2.30. The molecule has 118 valence electrons. The molecule has 0 amide bonds. The first kappa shape index (κ1) is 16.5. The van der Waals surface area contributed by atoms with Gasteiger partial charge in [-0.05, 0) is 18.9 Å². The van der Waals surface area contributed by atoms with E-state index < -0.39 is 10.0 Å². The Morgan fingerprint density at radius 2 is 2.10 bits per heavy atom. The smallest absolute Gasteiger partial charge is 0.244 e. The molecule has 1 aromatic heterocycles. The topological polar surface area (TPSA) is 62.7 Å². The number of halogens is 1. The van der Waals surface area contributed by atoms with Crippen LogP contribution in [-0.2, 0) is 14.8 Å². The Balaban J connectivity index is 2.22. The molecule has 0 spiro atoms. The van der Waals surface area contributed by atoms with Crippen molar-refractivity contribution in [2.24, 2.45) is 0 Å². The summed E-state index contributed by atoms with van der Waals surface area (Å²) in [5.41, 5.74) is 0. The van der Waals surface area contributed by atoms with Crippen LogP contribution in [0.3, 0.4) is 0 Å². The number of nitrogens with zero attached hydrogens (tertiary/aromatic N) is 3. The van der Waals surface area contributed by atoms with Gasteiger partial charge in [0.15, 0.2) is 0 Å². The van der Waals surface area contributed by atoms with E-state index in [4.69, 9.17) is 16.3 Å². The monoisotopic (exact) mass is 333 g/mol. The predicted octanol–water partition coefficient (Wildman–Crippen LogP) is 1.60. The fraction of sp³-hybridized carbons (Fsp3) is 0.615. The summed E-state index contributed by atoms with van der Waals surface area (Å²) in [6.07, 6.45) is 3.18. The van der Waals surface area contributed by atoms with Gasteiger partial charge in [-0.3, -0.25) is 0 Å². The van der Waals surface area contributed by atoms with Crippen molar-refractivity contribution in [1.29, 1.82) is 0 Å². The SMILES string of the molecule is COCCN(C)c1ncc(S(=O)(=O)N2CCCC2)cc1Cl. The van der Waals surface area contributed by atoms with Gasteiger partial charge < -0.3 is 9.64 Å². The van der Waals surface area contributed by atoms with Crippen molar-refractivity contribution < 1.29 is 13.2 Å². The summed E-state index contributed by atoms with van der Waals surface area (Å²) < 4.78 is 31.4. The number of pyridine rings is 1. The molecule has 1 aliphatic rings. The maximum atomic E-state index is 12.4. The fourth-order valence-corrected chi connectivity index (χ4v) is 4.11. The van der Waals surface area contributed by atoms with E-state index >= 15 is 0 Å². The molecule has 6 nitrogen and oxygen atoms in total. The Labute approximate surface area is 130 Å². The number of ether oxygens (including phenoxy) is 1. The number of aromatic nitrogens is 1. The van der Waals surface area contributed by atoms with Crippen LogP contribution in [0.2, 0.25) is 5.02 Å². The minimum Gasteiger partial charge on any atom is -0.383 e. The van der Waals surface area contributed by atoms with Crippen LogP contribution in [0.15, 0.2) is 17.2 Å². The average molecular weight is 334 g/mol. The summed E-state index contributed by atoms with van der Waals surface area (Å²) >= 11 is 6.19. The zero-order valence-electron chi connectivity index (χ0n) is 12.2. The molecule has 0 aliphatic carbocycles. The Bertz CT molecular complexity index is 588. The van der Waals surface area contributed by atoms with Crippen molar-refractivity contribution in [3.05, 3.63) is 17.3 Å². The van der Waals surface area contributed by atoms with Gasteiger partial charge in [-0.15, -0.1) is 0 Å². The molecule has 2 heterocycles. The van der Waals surface area contributed by atoms with E-state index in [1.807, 2.05) is 11.9 Å². The molecule has 0 atom stereocenters. The Hall–Kier alpha value is -0.890. The molecule has 1 fully saturated rings. The highest BCUT2D eigenvalue weighted by Crippen LogP contribution is 2.27. The van der Waals surface area contributed by atoms with E-state index in [1.54, 1.807) is 7.11 Å².